The third kappa shape index (κ3) is 3.75. The highest BCUT2D eigenvalue weighted by atomic mass is 15.0. The second-order valence-corrected chi connectivity index (χ2v) is 6.25. The van der Waals surface area contributed by atoms with Crippen LogP contribution in [0, 0.1) is 11.8 Å². The first-order valence-electron chi connectivity index (χ1n) is 8.39. The van der Waals surface area contributed by atoms with Gasteiger partial charge in [-0.25, -0.2) is 0 Å². The molecule has 1 aliphatic heterocycles. The van der Waals surface area contributed by atoms with Crippen LogP contribution < -0.4 is 10.6 Å². The molecule has 2 atom stereocenters. The first-order valence-corrected chi connectivity index (χ1v) is 8.39. The summed E-state index contributed by atoms with van der Waals surface area (Å²) in [6, 6.07) is 0. The van der Waals surface area contributed by atoms with Gasteiger partial charge in [0, 0.05) is 30.7 Å². The zero-order valence-electron chi connectivity index (χ0n) is 15.4. The highest BCUT2D eigenvalue weighted by molar-refractivity contribution is 6.00. The Morgan fingerprint density at radius 2 is 2.25 bits per heavy atom. The van der Waals surface area contributed by atoms with Crippen molar-refractivity contribution in [2.75, 3.05) is 13.6 Å². The summed E-state index contributed by atoms with van der Waals surface area (Å²) in [6.45, 7) is 13.2. The molecule has 4 heteroatoms. The third-order valence-electron chi connectivity index (χ3n) is 4.85. The van der Waals surface area contributed by atoms with Gasteiger partial charge in [0.25, 0.3) is 0 Å². The van der Waals surface area contributed by atoms with Gasteiger partial charge in [0.05, 0.1) is 12.4 Å². The summed E-state index contributed by atoms with van der Waals surface area (Å²) in [6.07, 6.45) is 10.3. The van der Waals surface area contributed by atoms with Crippen LogP contribution in [0.2, 0.25) is 0 Å². The monoisotopic (exact) mass is 324 g/mol. The van der Waals surface area contributed by atoms with Crippen molar-refractivity contribution >= 4 is 11.7 Å². The highest BCUT2D eigenvalue weighted by Gasteiger charge is 2.23. The Morgan fingerprint density at radius 1 is 1.50 bits per heavy atom. The van der Waals surface area contributed by atoms with Gasteiger partial charge in [-0.1, -0.05) is 44.2 Å². The number of hydrogen-bond donors (Lipinski definition) is 2. The largest absolute Gasteiger partial charge is 0.351 e. The lowest BCUT2D eigenvalue weighted by molar-refractivity contribution is 0.731. The first-order chi connectivity index (χ1) is 11.5. The first kappa shape index (κ1) is 18.0. The molecule has 2 aliphatic rings. The van der Waals surface area contributed by atoms with Gasteiger partial charge in [-0.3, -0.25) is 9.98 Å². The minimum Gasteiger partial charge on any atom is -0.351 e. The fraction of sp³-hybridized carbons (Fsp3) is 0.400. The molecule has 0 fully saturated rings. The fourth-order valence-corrected chi connectivity index (χ4v) is 3.12. The molecule has 0 aromatic rings. The molecule has 0 spiro atoms. The molecule has 1 aliphatic carbocycles. The summed E-state index contributed by atoms with van der Waals surface area (Å²) in [5.74, 6) is 2.46. The molecule has 0 radical (unpaired) electrons. The quantitative estimate of drug-likeness (QED) is 0.611. The van der Waals surface area contributed by atoms with Crippen LogP contribution >= 0.6 is 0 Å². The molecular formula is C20H28N4. The van der Waals surface area contributed by atoms with Gasteiger partial charge in [0.2, 0.25) is 0 Å². The number of amidine groups is 2. The smallest absolute Gasteiger partial charge is 0.128 e. The van der Waals surface area contributed by atoms with Crippen molar-refractivity contribution in [3.8, 4) is 0 Å². The van der Waals surface area contributed by atoms with Crippen LogP contribution in [0.15, 0.2) is 69.5 Å². The van der Waals surface area contributed by atoms with Crippen molar-refractivity contribution in [3.63, 3.8) is 0 Å². The van der Waals surface area contributed by atoms with Crippen LogP contribution in [-0.2, 0) is 0 Å². The van der Waals surface area contributed by atoms with E-state index in [1.165, 1.54) is 22.3 Å². The van der Waals surface area contributed by atoms with E-state index in [-0.39, 0.29) is 5.92 Å². The van der Waals surface area contributed by atoms with E-state index in [1.54, 1.807) is 13.2 Å². The van der Waals surface area contributed by atoms with Crippen LogP contribution in [0.4, 0.5) is 0 Å². The minimum absolute atomic E-state index is 0.283. The van der Waals surface area contributed by atoms with Crippen LogP contribution in [-0.4, -0.2) is 25.3 Å². The molecule has 0 aromatic heterocycles. The Bertz CT molecular complexity index is 686. The highest BCUT2D eigenvalue weighted by Crippen LogP contribution is 2.33. The molecule has 1 heterocycles. The van der Waals surface area contributed by atoms with Crippen molar-refractivity contribution in [2.24, 2.45) is 21.8 Å². The number of rotatable bonds is 4. The number of allylic oxidation sites excluding steroid dienone is 5. The number of hydrogen-bond acceptors (Lipinski definition) is 3. The van der Waals surface area contributed by atoms with Crippen LogP contribution in [0.25, 0.3) is 0 Å². The van der Waals surface area contributed by atoms with Gasteiger partial charge in [0.15, 0.2) is 0 Å². The zero-order valence-corrected chi connectivity index (χ0v) is 15.4. The number of nitrogens with zero attached hydrogens (tertiary/aromatic N) is 2. The van der Waals surface area contributed by atoms with Crippen molar-refractivity contribution in [3.05, 3.63) is 59.5 Å². The maximum Gasteiger partial charge on any atom is 0.128 e. The average Bonchev–Trinajstić information content (AvgIpc) is 2.73. The summed E-state index contributed by atoms with van der Waals surface area (Å²) >= 11 is 0. The maximum atomic E-state index is 4.51. The van der Waals surface area contributed by atoms with Crippen LogP contribution in [0.3, 0.4) is 0 Å². The molecule has 0 bridgehead atoms. The average molecular weight is 324 g/mol. The van der Waals surface area contributed by atoms with Crippen molar-refractivity contribution in [1.29, 1.82) is 0 Å². The topological polar surface area (TPSA) is 48.8 Å². The van der Waals surface area contributed by atoms with E-state index in [1.807, 2.05) is 6.92 Å². The van der Waals surface area contributed by atoms with E-state index in [9.17, 15) is 0 Å². The van der Waals surface area contributed by atoms with E-state index in [2.05, 4.69) is 72.4 Å². The molecule has 0 aromatic carbocycles. The van der Waals surface area contributed by atoms with E-state index in [0.29, 0.717) is 5.92 Å². The lowest BCUT2D eigenvalue weighted by atomic mass is 9.84. The Labute approximate surface area is 145 Å². The van der Waals surface area contributed by atoms with Crippen LogP contribution in [0.1, 0.15) is 27.7 Å². The van der Waals surface area contributed by atoms with Crippen molar-refractivity contribution in [1.82, 2.24) is 10.6 Å². The normalized spacial score (nSPS) is 22.8. The predicted molar refractivity (Wildman–Crippen MR) is 104 cm³/mol. The fourth-order valence-electron chi connectivity index (χ4n) is 3.12. The van der Waals surface area contributed by atoms with Gasteiger partial charge in [0.1, 0.15) is 5.84 Å². The van der Waals surface area contributed by atoms with Gasteiger partial charge in [-0.05, 0) is 31.2 Å². The molecule has 2 rings (SSSR count). The second kappa shape index (κ2) is 7.95. The van der Waals surface area contributed by atoms with Crippen LogP contribution in [0.5, 0.6) is 0 Å². The molecular weight excluding hydrogens is 296 g/mol. The summed E-state index contributed by atoms with van der Waals surface area (Å²) in [7, 11) is 1.80. The third-order valence-corrected chi connectivity index (χ3v) is 4.85. The Kier molecular flexibility index (Phi) is 5.96. The molecule has 2 N–H and O–H groups in total. The maximum absolute atomic E-state index is 4.51. The molecule has 0 saturated heterocycles. The van der Waals surface area contributed by atoms with Gasteiger partial charge in [-0.2, -0.15) is 0 Å². The molecule has 0 amide bonds. The van der Waals surface area contributed by atoms with E-state index < -0.39 is 0 Å². The molecule has 0 saturated carbocycles. The zero-order chi connectivity index (χ0) is 17.7. The number of nitrogens with one attached hydrogen (secondary N) is 2. The van der Waals surface area contributed by atoms with Gasteiger partial charge >= 0.3 is 0 Å². The molecule has 128 valence electrons. The number of aliphatic imine (C=N–C) groups is 2. The van der Waals surface area contributed by atoms with E-state index >= 15 is 0 Å². The Balaban J connectivity index is 2.30. The minimum atomic E-state index is 0.283. The summed E-state index contributed by atoms with van der Waals surface area (Å²) in [5.41, 5.74) is 5.20. The Hall–Kier alpha value is -2.36. The van der Waals surface area contributed by atoms with E-state index in [0.717, 1.165) is 18.2 Å². The van der Waals surface area contributed by atoms with Crippen molar-refractivity contribution < 1.29 is 0 Å². The van der Waals surface area contributed by atoms with Crippen molar-refractivity contribution in [2.45, 2.75) is 27.7 Å². The van der Waals surface area contributed by atoms with Gasteiger partial charge < -0.3 is 10.6 Å². The summed E-state index contributed by atoms with van der Waals surface area (Å²) in [5, 5.41) is 6.38. The summed E-state index contributed by atoms with van der Waals surface area (Å²) < 4.78 is 0. The predicted octanol–water partition coefficient (Wildman–Crippen LogP) is 3.74. The molecule has 2 unspecified atom stereocenters. The SMILES string of the molecule is C=CNC(=NC)C1=CC=CC(C(C)C2=CNC(C)=NC2)=C(C)C1C. The summed E-state index contributed by atoms with van der Waals surface area (Å²) in [4.78, 5) is 8.88. The lowest BCUT2D eigenvalue weighted by Gasteiger charge is -2.24. The molecule has 24 heavy (non-hydrogen) atoms. The Morgan fingerprint density at radius 3 is 2.83 bits per heavy atom. The van der Waals surface area contributed by atoms with Gasteiger partial charge in [-0.15, -0.1) is 0 Å². The lowest BCUT2D eigenvalue weighted by Crippen LogP contribution is -2.25. The molecule has 4 nitrogen and oxygen atoms in total. The second-order valence-electron chi connectivity index (χ2n) is 6.25. The standard InChI is InChI=1S/C20H28N4/c1-7-22-20(21-6)19-10-8-9-18(13(2)14(19)3)15(4)17-11-23-16(5)24-12-17/h7-11,14-15H,1,12H2,2-6H3,(H,21,22)(H,23,24). The van der Waals surface area contributed by atoms with E-state index in [4.69, 9.17) is 0 Å².